The van der Waals surface area contributed by atoms with E-state index in [4.69, 9.17) is 23.7 Å². The van der Waals surface area contributed by atoms with Crippen LogP contribution in [0.1, 0.15) is 25.0 Å². The quantitative estimate of drug-likeness (QED) is 0.744. The molecule has 0 saturated carbocycles. The van der Waals surface area contributed by atoms with Crippen molar-refractivity contribution in [3.8, 4) is 0 Å². The maximum absolute atomic E-state index is 6.20. The van der Waals surface area contributed by atoms with Gasteiger partial charge in [0.15, 0.2) is 12.1 Å². The molecule has 27 heavy (non-hydrogen) atoms. The highest BCUT2D eigenvalue weighted by Gasteiger charge is 2.55. The second-order valence-electron chi connectivity index (χ2n) is 7.41. The maximum atomic E-state index is 6.20. The lowest BCUT2D eigenvalue weighted by molar-refractivity contribution is -0.225. The van der Waals surface area contributed by atoms with Crippen LogP contribution in [0.4, 0.5) is 0 Å². The van der Waals surface area contributed by atoms with Crippen molar-refractivity contribution in [2.75, 3.05) is 6.61 Å². The van der Waals surface area contributed by atoms with Gasteiger partial charge in [-0.1, -0.05) is 60.7 Å². The van der Waals surface area contributed by atoms with E-state index >= 15 is 0 Å². The standard InChI is InChI=1S/C22H26O5/c1-22(2)26-20-19(24-14-17-11-7-4-8-12-17)18(25-21(20)27-22)15-23-13-16-9-5-3-6-10-16/h3-12,18-21H,13-15H2,1-2H3/t18-,19?,20?,21-/m1/s1. The van der Waals surface area contributed by atoms with Crippen molar-refractivity contribution in [3.63, 3.8) is 0 Å². The van der Waals surface area contributed by atoms with Gasteiger partial charge in [0.25, 0.3) is 0 Å². The van der Waals surface area contributed by atoms with Gasteiger partial charge < -0.3 is 23.7 Å². The first-order valence-electron chi connectivity index (χ1n) is 9.39. The molecule has 0 N–H and O–H groups in total. The summed E-state index contributed by atoms with van der Waals surface area (Å²) in [5, 5.41) is 0. The number of hydrogen-bond donors (Lipinski definition) is 0. The third-order valence-corrected chi connectivity index (χ3v) is 4.77. The number of hydrogen-bond acceptors (Lipinski definition) is 5. The van der Waals surface area contributed by atoms with Crippen LogP contribution in [0.5, 0.6) is 0 Å². The third-order valence-electron chi connectivity index (χ3n) is 4.77. The van der Waals surface area contributed by atoms with Crippen LogP contribution >= 0.6 is 0 Å². The molecule has 5 nitrogen and oxygen atoms in total. The average Bonchev–Trinajstić information content (AvgIpc) is 3.13. The van der Waals surface area contributed by atoms with Gasteiger partial charge in [0.1, 0.15) is 18.3 Å². The van der Waals surface area contributed by atoms with Crippen LogP contribution in [0.15, 0.2) is 60.7 Å². The van der Waals surface area contributed by atoms with Crippen LogP contribution in [0, 0.1) is 0 Å². The van der Waals surface area contributed by atoms with Gasteiger partial charge in [0.2, 0.25) is 0 Å². The van der Waals surface area contributed by atoms with E-state index in [1.54, 1.807) is 0 Å². The summed E-state index contributed by atoms with van der Waals surface area (Å²) >= 11 is 0. The van der Waals surface area contributed by atoms with Crippen molar-refractivity contribution in [2.24, 2.45) is 0 Å². The van der Waals surface area contributed by atoms with Gasteiger partial charge in [-0.05, 0) is 25.0 Å². The predicted octanol–water partition coefficient (Wildman–Crippen LogP) is 3.67. The summed E-state index contributed by atoms with van der Waals surface area (Å²) in [7, 11) is 0. The number of rotatable bonds is 7. The molecule has 2 aromatic rings. The molecular weight excluding hydrogens is 344 g/mol. The molecule has 0 spiro atoms. The summed E-state index contributed by atoms with van der Waals surface area (Å²) in [6.07, 6.45) is -1.16. The summed E-state index contributed by atoms with van der Waals surface area (Å²) < 4.78 is 30.1. The van der Waals surface area contributed by atoms with Gasteiger partial charge in [-0.25, -0.2) is 0 Å². The SMILES string of the molecule is CC1(C)OC2C(OCc3ccccc3)[C@@H](COCc3ccccc3)O[C@@H]2O1. The van der Waals surface area contributed by atoms with Gasteiger partial charge in [0.05, 0.1) is 19.8 Å². The molecule has 2 aliphatic rings. The Morgan fingerprint density at radius 1 is 0.852 bits per heavy atom. The molecule has 2 unspecified atom stereocenters. The summed E-state index contributed by atoms with van der Waals surface area (Å²) in [6.45, 7) is 5.24. The summed E-state index contributed by atoms with van der Waals surface area (Å²) in [5.74, 6) is -0.667. The lowest BCUT2D eigenvalue weighted by Crippen LogP contribution is -2.38. The van der Waals surface area contributed by atoms with Gasteiger partial charge in [-0.15, -0.1) is 0 Å². The minimum absolute atomic E-state index is 0.233. The number of ether oxygens (including phenoxy) is 5. The molecule has 4 rings (SSSR count). The van der Waals surface area contributed by atoms with E-state index in [1.165, 1.54) is 0 Å². The fourth-order valence-corrected chi connectivity index (χ4v) is 3.52. The molecule has 2 aromatic carbocycles. The first-order chi connectivity index (χ1) is 13.1. The van der Waals surface area contributed by atoms with Gasteiger partial charge >= 0.3 is 0 Å². The molecule has 0 amide bonds. The third kappa shape index (κ3) is 4.57. The van der Waals surface area contributed by atoms with E-state index in [0.29, 0.717) is 19.8 Å². The highest BCUT2D eigenvalue weighted by atomic mass is 16.8. The molecule has 5 heteroatoms. The first-order valence-corrected chi connectivity index (χ1v) is 9.39. The monoisotopic (exact) mass is 370 g/mol. The lowest BCUT2D eigenvalue weighted by atomic mass is 10.1. The Kier molecular flexibility index (Phi) is 5.57. The van der Waals surface area contributed by atoms with Gasteiger partial charge in [0, 0.05) is 0 Å². The normalized spacial score (nSPS) is 29.0. The second kappa shape index (κ2) is 8.09. The van der Waals surface area contributed by atoms with Crippen molar-refractivity contribution in [1.82, 2.24) is 0 Å². The largest absolute Gasteiger partial charge is 0.374 e. The Balaban J connectivity index is 1.38. The zero-order valence-electron chi connectivity index (χ0n) is 15.7. The van der Waals surface area contributed by atoms with Crippen LogP contribution in [-0.4, -0.2) is 37.0 Å². The average molecular weight is 370 g/mol. The summed E-state index contributed by atoms with van der Waals surface area (Å²) in [4.78, 5) is 0. The highest BCUT2D eigenvalue weighted by molar-refractivity contribution is 5.14. The predicted molar refractivity (Wildman–Crippen MR) is 99.8 cm³/mol. The molecule has 0 aromatic heterocycles. The van der Waals surface area contributed by atoms with Crippen LogP contribution < -0.4 is 0 Å². The Morgan fingerprint density at radius 3 is 2.15 bits per heavy atom. The van der Waals surface area contributed by atoms with E-state index in [0.717, 1.165) is 11.1 Å². The van der Waals surface area contributed by atoms with E-state index in [-0.39, 0.29) is 18.3 Å². The van der Waals surface area contributed by atoms with Crippen molar-refractivity contribution in [1.29, 1.82) is 0 Å². The molecule has 0 aliphatic carbocycles. The molecule has 144 valence electrons. The number of fused-ring (bicyclic) bond motifs is 1. The Hall–Kier alpha value is -1.76. The summed E-state index contributed by atoms with van der Waals surface area (Å²) in [6, 6.07) is 20.2. The van der Waals surface area contributed by atoms with E-state index < -0.39 is 12.1 Å². The minimum Gasteiger partial charge on any atom is -0.374 e. The van der Waals surface area contributed by atoms with Crippen LogP contribution in [-0.2, 0) is 36.9 Å². The molecule has 2 fully saturated rings. The molecule has 2 saturated heterocycles. The highest BCUT2D eigenvalue weighted by Crippen LogP contribution is 2.39. The van der Waals surface area contributed by atoms with Gasteiger partial charge in [-0.3, -0.25) is 0 Å². The van der Waals surface area contributed by atoms with Crippen LogP contribution in [0.3, 0.4) is 0 Å². The zero-order chi connectivity index (χ0) is 18.7. The number of benzene rings is 2. The van der Waals surface area contributed by atoms with Crippen molar-refractivity contribution >= 4 is 0 Å². The molecule has 0 bridgehead atoms. The minimum atomic E-state index is -0.667. The van der Waals surface area contributed by atoms with Gasteiger partial charge in [-0.2, -0.15) is 0 Å². The van der Waals surface area contributed by atoms with Crippen molar-refractivity contribution in [2.45, 2.75) is 57.5 Å². The van der Waals surface area contributed by atoms with Crippen LogP contribution in [0.25, 0.3) is 0 Å². The topological polar surface area (TPSA) is 46.2 Å². The summed E-state index contributed by atoms with van der Waals surface area (Å²) in [5.41, 5.74) is 2.24. The smallest absolute Gasteiger partial charge is 0.190 e. The molecule has 2 aliphatic heterocycles. The fourth-order valence-electron chi connectivity index (χ4n) is 3.52. The van der Waals surface area contributed by atoms with Crippen molar-refractivity contribution in [3.05, 3.63) is 71.8 Å². The Bertz CT molecular complexity index is 718. The molecule has 4 atom stereocenters. The Morgan fingerprint density at radius 2 is 1.48 bits per heavy atom. The van der Waals surface area contributed by atoms with E-state index in [2.05, 4.69) is 0 Å². The van der Waals surface area contributed by atoms with E-state index in [9.17, 15) is 0 Å². The molecule has 2 heterocycles. The van der Waals surface area contributed by atoms with E-state index in [1.807, 2.05) is 74.5 Å². The zero-order valence-corrected chi connectivity index (χ0v) is 15.7. The fraction of sp³-hybridized carbons (Fsp3) is 0.455. The molecular formula is C22H26O5. The molecule has 0 radical (unpaired) electrons. The van der Waals surface area contributed by atoms with Crippen molar-refractivity contribution < 1.29 is 23.7 Å². The maximum Gasteiger partial charge on any atom is 0.190 e. The van der Waals surface area contributed by atoms with Crippen LogP contribution in [0.2, 0.25) is 0 Å². The first kappa shape index (κ1) is 18.6. The Labute approximate surface area is 160 Å². The second-order valence-corrected chi connectivity index (χ2v) is 7.41. The lowest BCUT2D eigenvalue weighted by Gasteiger charge is -2.26.